The summed E-state index contributed by atoms with van der Waals surface area (Å²) in [6, 6.07) is 7.23. The second kappa shape index (κ2) is 6.57. The minimum Gasteiger partial charge on any atom is -0.494 e. The molecule has 104 valence electrons. The van der Waals surface area contributed by atoms with Crippen LogP contribution in [0.5, 0.6) is 5.75 Å². The molecule has 0 unspecified atom stereocenters. The number of nitrogens with one attached hydrogen (secondary N) is 1. The fourth-order valence-corrected chi connectivity index (χ4v) is 2.25. The molecule has 2 rings (SSSR count). The van der Waals surface area contributed by atoms with Gasteiger partial charge in [0, 0.05) is 12.2 Å². The van der Waals surface area contributed by atoms with Crippen LogP contribution in [-0.2, 0) is 4.74 Å². The zero-order valence-electron chi connectivity index (χ0n) is 11.5. The van der Waals surface area contributed by atoms with E-state index in [1.807, 2.05) is 26.0 Å². The van der Waals surface area contributed by atoms with Crippen LogP contribution < -0.4 is 10.1 Å². The van der Waals surface area contributed by atoms with Gasteiger partial charge in [-0.05, 0) is 51.0 Å². The largest absolute Gasteiger partial charge is 0.494 e. The minimum atomic E-state index is -0.0638. The summed E-state index contributed by atoms with van der Waals surface area (Å²) in [5.74, 6) is 0.720. The van der Waals surface area contributed by atoms with Crippen molar-refractivity contribution in [1.82, 2.24) is 5.32 Å². The molecule has 1 aliphatic heterocycles. The molecule has 1 aromatic rings. The minimum absolute atomic E-state index is 0.0431. The number of carbonyl (C=O) groups is 1. The van der Waals surface area contributed by atoms with Crippen LogP contribution in [0.25, 0.3) is 0 Å². The summed E-state index contributed by atoms with van der Waals surface area (Å²) >= 11 is 0. The van der Waals surface area contributed by atoms with Crippen molar-refractivity contribution in [3.63, 3.8) is 0 Å². The summed E-state index contributed by atoms with van der Waals surface area (Å²) in [5.41, 5.74) is 0.647. The first kappa shape index (κ1) is 13.9. The molecule has 0 aromatic heterocycles. The van der Waals surface area contributed by atoms with Crippen LogP contribution in [0.2, 0.25) is 0 Å². The summed E-state index contributed by atoms with van der Waals surface area (Å²) in [5, 5.41) is 2.98. The van der Waals surface area contributed by atoms with E-state index < -0.39 is 0 Å². The van der Waals surface area contributed by atoms with Crippen LogP contribution in [0, 0.1) is 0 Å². The number of hydrogen-bond donors (Lipinski definition) is 1. The number of hydrogen-bond acceptors (Lipinski definition) is 3. The molecule has 0 saturated carbocycles. The van der Waals surface area contributed by atoms with Crippen molar-refractivity contribution < 1.29 is 14.3 Å². The van der Waals surface area contributed by atoms with Crippen LogP contribution in [0.4, 0.5) is 0 Å². The summed E-state index contributed by atoms with van der Waals surface area (Å²) in [7, 11) is 0. The molecule has 1 N–H and O–H groups in total. The Morgan fingerprint density at radius 2 is 2.21 bits per heavy atom. The fraction of sp³-hybridized carbons (Fsp3) is 0.533. The molecule has 1 amide bonds. The number of amides is 1. The van der Waals surface area contributed by atoms with Crippen LogP contribution in [-0.4, -0.2) is 31.3 Å². The van der Waals surface area contributed by atoms with Gasteiger partial charge in [-0.1, -0.05) is 0 Å². The van der Waals surface area contributed by atoms with Crippen molar-refractivity contribution >= 4 is 5.91 Å². The Bertz CT molecular complexity index is 410. The molecule has 0 spiro atoms. The van der Waals surface area contributed by atoms with Crippen molar-refractivity contribution in [2.45, 2.75) is 38.8 Å². The molecule has 1 fully saturated rings. The first-order valence-corrected chi connectivity index (χ1v) is 6.86. The summed E-state index contributed by atoms with van der Waals surface area (Å²) in [6.07, 6.45) is 2.24. The van der Waals surface area contributed by atoms with E-state index in [-0.39, 0.29) is 18.1 Å². The summed E-state index contributed by atoms with van der Waals surface area (Å²) in [4.78, 5) is 12.1. The predicted octanol–water partition coefficient (Wildman–Crippen LogP) is 2.38. The SMILES string of the molecule is CCOc1ccc(C(=O)N[C@@H](C)[C@H]2CCCO2)cc1. The Morgan fingerprint density at radius 1 is 1.47 bits per heavy atom. The second-order valence-electron chi connectivity index (χ2n) is 4.77. The highest BCUT2D eigenvalue weighted by atomic mass is 16.5. The topological polar surface area (TPSA) is 47.6 Å². The van der Waals surface area contributed by atoms with Gasteiger partial charge in [-0.3, -0.25) is 4.79 Å². The van der Waals surface area contributed by atoms with Crippen molar-refractivity contribution in [3.05, 3.63) is 29.8 Å². The van der Waals surface area contributed by atoms with Crippen LogP contribution in [0.1, 0.15) is 37.0 Å². The molecule has 4 heteroatoms. The molecular formula is C15H21NO3. The van der Waals surface area contributed by atoms with Gasteiger partial charge in [-0.15, -0.1) is 0 Å². The van der Waals surface area contributed by atoms with E-state index in [4.69, 9.17) is 9.47 Å². The molecule has 4 nitrogen and oxygen atoms in total. The third-order valence-corrected chi connectivity index (χ3v) is 3.31. The van der Waals surface area contributed by atoms with E-state index in [1.54, 1.807) is 12.1 Å². The molecule has 19 heavy (non-hydrogen) atoms. The quantitative estimate of drug-likeness (QED) is 0.887. The van der Waals surface area contributed by atoms with Gasteiger partial charge < -0.3 is 14.8 Å². The average Bonchev–Trinajstić information content (AvgIpc) is 2.94. The molecule has 0 aliphatic carbocycles. The van der Waals surface area contributed by atoms with Gasteiger partial charge in [0.05, 0.1) is 18.8 Å². The molecule has 1 aromatic carbocycles. The Hall–Kier alpha value is -1.55. The molecular weight excluding hydrogens is 242 g/mol. The van der Waals surface area contributed by atoms with Crippen LogP contribution in [0.15, 0.2) is 24.3 Å². The third kappa shape index (κ3) is 3.70. The maximum absolute atomic E-state index is 12.1. The molecule has 1 heterocycles. The first-order chi connectivity index (χ1) is 9.20. The Kier molecular flexibility index (Phi) is 4.80. The Balaban J connectivity index is 1.91. The van der Waals surface area contributed by atoms with Gasteiger partial charge in [0.2, 0.25) is 0 Å². The van der Waals surface area contributed by atoms with E-state index in [0.717, 1.165) is 25.2 Å². The monoisotopic (exact) mass is 263 g/mol. The van der Waals surface area contributed by atoms with Gasteiger partial charge in [-0.2, -0.15) is 0 Å². The van der Waals surface area contributed by atoms with Crippen molar-refractivity contribution in [2.24, 2.45) is 0 Å². The predicted molar refractivity (Wildman–Crippen MR) is 73.5 cm³/mol. The normalized spacial score (nSPS) is 20.0. The lowest BCUT2D eigenvalue weighted by atomic mass is 10.1. The van der Waals surface area contributed by atoms with Gasteiger partial charge in [0.15, 0.2) is 0 Å². The molecule has 1 aliphatic rings. The fourth-order valence-electron chi connectivity index (χ4n) is 2.25. The number of benzene rings is 1. The zero-order valence-corrected chi connectivity index (χ0v) is 11.5. The van der Waals surface area contributed by atoms with Gasteiger partial charge in [0.1, 0.15) is 5.75 Å². The molecule has 2 atom stereocenters. The van der Waals surface area contributed by atoms with E-state index in [1.165, 1.54) is 0 Å². The first-order valence-electron chi connectivity index (χ1n) is 6.86. The van der Waals surface area contributed by atoms with Crippen molar-refractivity contribution in [1.29, 1.82) is 0 Å². The number of rotatable bonds is 5. The Morgan fingerprint density at radius 3 is 2.79 bits per heavy atom. The number of carbonyl (C=O) groups excluding carboxylic acids is 1. The lowest BCUT2D eigenvalue weighted by Crippen LogP contribution is -2.40. The second-order valence-corrected chi connectivity index (χ2v) is 4.77. The zero-order chi connectivity index (χ0) is 13.7. The average molecular weight is 263 g/mol. The highest BCUT2D eigenvalue weighted by Crippen LogP contribution is 2.16. The van der Waals surface area contributed by atoms with Gasteiger partial charge in [-0.25, -0.2) is 0 Å². The highest BCUT2D eigenvalue weighted by molar-refractivity contribution is 5.94. The number of ether oxygens (including phenoxy) is 2. The van der Waals surface area contributed by atoms with E-state index in [0.29, 0.717) is 12.2 Å². The van der Waals surface area contributed by atoms with Crippen LogP contribution >= 0.6 is 0 Å². The van der Waals surface area contributed by atoms with E-state index >= 15 is 0 Å². The van der Waals surface area contributed by atoms with Gasteiger partial charge >= 0.3 is 0 Å². The lowest BCUT2D eigenvalue weighted by Gasteiger charge is -2.20. The maximum Gasteiger partial charge on any atom is 0.251 e. The molecule has 0 bridgehead atoms. The van der Waals surface area contributed by atoms with E-state index in [9.17, 15) is 4.79 Å². The third-order valence-electron chi connectivity index (χ3n) is 3.31. The summed E-state index contributed by atoms with van der Waals surface area (Å²) < 4.78 is 10.9. The van der Waals surface area contributed by atoms with Crippen molar-refractivity contribution in [2.75, 3.05) is 13.2 Å². The summed E-state index contributed by atoms with van der Waals surface area (Å²) in [6.45, 7) is 5.35. The van der Waals surface area contributed by atoms with E-state index in [2.05, 4.69) is 5.32 Å². The highest BCUT2D eigenvalue weighted by Gasteiger charge is 2.23. The standard InChI is InChI=1S/C15H21NO3/c1-3-18-13-8-6-12(7-9-13)15(17)16-11(2)14-5-4-10-19-14/h6-9,11,14H,3-5,10H2,1-2H3,(H,16,17)/t11-,14+/m0/s1. The molecule has 0 radical (unpaired) electrons. The Labute approximate surface area is 114 Å². The van der Waals surface area contributed by atoms with Crippen molar-refractivity contribution in [3.8, 4) is 5.75 Å². The lowest BCUT2D eigenvalue weighted by molar-refractivity contribution is 0.0712. The smallest absolute Gasteiger partial charge is 0.251 e. The van der Waals surface area contributed by atoms with Crippen LogP contribution in [0.3, 0.4) is 0 Å². The molecule has 1 saturated heterocycles. The maximum atomic E-state index is 12.1. The van der Waals surface area contributed by atoms with Gasteiger partial charge in [0.25, 0.3) is 5.91 Å².